The minimum absolute atomic E-state index is 0.211. The van der Waals surface area contributed by atoms with Gasteiger partial charge in [-0.05, 0) is 52.4 Å². The number of hydrogen-bond donors (Lipinski definition) is 1. The summed E-state index contributed by atoms with van der Waals surface area (Å²) in [6.45, 7) is 0. The van der Waals surface area contributed by atoms with E-state index in [1.54, 1.807) is 0 Å². The topological polar surface area (TPSA) is 26.0 Å². The predicted octanol–water partition coefficient (Wildman–Crippen LogP) is 3.65. The van der Waals surface area contributed by atoms with E-state index in [1.807, 2.05) is 12.1 Å². The van der Waals surface area contributed by atoms with Crippen molar-refractivity contribution in [1.82, 2.24) is 0 Å². The Bertz CT molecular complexity index is 363. The van der Waals surface area contributed by atoms with Crippen LogP contribution in [0, 0.1) is 11.7 Å². The average molecular weight is 286 g/mol. The van der Waals surface area contributed by atoms with Crippen molar-refractivity contribution in [2.24, 2.45) is 11.7 Å². The summed E-state index contributed by atoms with van der Waals surface area (Å²) in [6.07, 6.45) is 5.98. The number of rotatable bonds is 4. The molecule has 1 aromatic carbocycles. The van der Waals surface area contributed by atoms with E-state index in [0.717, 1.165) is 24.3 Å². The Hall–Kier alpha value is -0.410. The first-order chi connectivity index (χ1) is 7.65. The van der Waals surface area contributed by atoms with Crippen molar-refractivity contribution < 1.29 is 4.39 Å². The SMILES string of the molecule is NC(Cc1ccc(F)c(Br)c1)CC1CCC1. The van der Waals surface area contributed by atoms with Crippen molar-refractivity contribution in [3.8, 4) is 0 Å². The molecule has 88 valence electrons. The molecule has 0 aromatic heterocycles. The third-order valence-corrected chi connectivity index (χ3v) is 3.95. The zero-order valence-corrected chi connectivity index (χ0v) is 10.8. The number of hydrogen-bond acceptors (Lipinski definition) is 1. The van der Waals surface area contributed by atoms with Crippen molar-refractivity contribution in [3.63, 3.8) is 0 Å². The summed E-state index contributed by atoms with van der Waals surface area (Å²) in [5.74, 6) is 0.621. The van der Waals surface area contributed by atoms with Crippen molar-refractivity contribution in [1.29, 1.82) is 0 Å². The monoisotopic (exact) mass is 285 g/mol. The molecule has 1 saturated carbocycles. The highest BCUT2D eigenvalue weighted by molar-refractivity contribution is 9.10. The van der Waals surface area contributed by atoms with E-state index in [1.165, 1.54) is 25.3 Å². The van der Waals surface area contributed by atoms with Crippen LogP contribution >= 0.6 is 15.9 Å². The molecule has 0 spiro atoms. The van der Waals surface area contributed by atoms with Gasteiger partial charge < -0.3 is 5.73 Å². The van der Waals surface area contributed by atoms with Gasteiger partial charge in [0, 0.05) is 6.04 Å². The van der Waals surface area contributed by atoms with Crippen LogP contribution in [0.2, 0.25) is 0 Å². The smallest absolute Gasteiger partial charge is 0.137 e. The fourth-order valence-electron chi connectivity index (χ4n) is 2.21. The summed E-state index contributed by atoms with van der Waals surface area (Å²) < 4.78 is 13.6. The Morgan fingerprint density at radius 2 is 2.19 bits per heavy atom. The minimum Gasteiger partial charge on any atom is -0.327 e. The van der Waals surface area contributed by atoms with Crippen LogP contribution in [0.1, 0.15) is 31.2 Å². The molecule has 3 heteroatoms. The first-order valence-corrected chi connectivity index (χ1v) is 6.64. The van der Waals surface area contributed by atoms with Crippen LogP contribution in [0.25, 0.3) is 0 Å². The first kappa shape index (κ1) is 12.1. The second-order valence-electron chi connectivity index (χ2n) is 4.75. The van der Waals surface area contributed by atoms with Gasteiger partial charge in [0.1, 0.15) is 5.82 Å². The minimum atomic E-state index is -0.212. The summed E-state index contributed by atoms with van der Waals surface area (Å²) in [5, 5.41) is 0. The van der Waals surface area contributed by atoms with Crippen molar-refractivity contribution in [2.75, 3.05) is 0 Å². The Morgan fingerprint density at radius 1 is 1.44 bits per heavy atom. The van der Waals surface area contributed by atoms with Crippen LogP contribution in [0.3, 0.4) is 0 Å². The highest BCUT2D eigenvalue weighted by Crippen LogP contribution is 2.30. The fraction of sp³-hybridized carbons (Fsp3) is 0.538. The van der Waals surface area contributed by atoms with E-state index in [9.17, 15) is 4.39 Å². The molecule has 1 nitrogen and oxygen atoms in total. The quantitative estimate of drug-likeness (QED) is 0.898. The van der Waals surface area contributed by atoms with E-state index in [-0.39, 0.29) is 11.9 Å². The molecule has 0 radical (unpaired) electrons. The van der Waals surface area contributed by atoms with Crippen LogP contribution < -0.4 is 5.73 Å². The molecule has 1 fully saturated rings. The summed E-state index contributed by atoms with van der Waals surface area (Å²) in [4.78, 5) is 0. The number of benzene rings is 1. The highest BCUT2D eigenvalue weighted by Gasteiger charge is 2.20. The van der Waals surface area contributed by atoms with E-state index in [2.05, 4.69) is 15.9 Å². The Kier molecular flexibility index (Phi) is 3.98. The Labute approximate surface area is 104 Å². The third-order valence-electron chi connectivity index (χ3n) is 3.34. The average Bonchev–Trinajstić information content (AvgIpc) is 2.18. The van der Waals surface area contributed by atoms with Crippen LogP contribution in [-0.2, 0) is 6.42 Å². The maximum Gasteiger partial charge on any atom is 0.137 e. The first-order valence-electron chi connectivity index (χ1n) is 5.84. The summed E-state index contributed by atoms with van der Waals surface area (Å²) in [6, 6.07) is 5.36. The molecule has 1 aliphatic carbocycles. The molecular weight excluding hydrogens is 269 g/mol. The van der Waals surface area contributed by atoms with Crippen molar-refractivity contribution >= 4 is 15.9 Å². The number of nitrogens with two attached hydrogens (primary N) is 1. The summed E-state index contributed by atoms with van der Waals surface area (Å²) in [7, 11) is 0. The molecule has 0 aliphatic heterocycles. The van der Waals surface area contributed by atoms with Crippen molar-refractivity contribution in [2.45, 2.75) is 38.1 Å². The molecular formula is C13H17BrFN. The largest absolute Gasteiger partial charge is 0.327 e. The molecule has 0 saturated heterocycles. The highest BCUT2D eigenvalue weighted by atomic mass is 79.9. The molecule has 1 aliphatic rings. The van der Waals surface area contributed by atoms with Crippen LogP contribution in [0.5, 0.6) is 0 Å². The lowest BCUT2D eigenvalue weighted by Gasteiger charge is -2.28. The van der Waals surface area contributed by atoms with Gasteiger partial charge in [0.15, 0.2) is 0 Å². The standard InChI is InChI=1S/C13H17BrFN/c14-12-8-10(4-5-13(12)15)7-11(16)6-9-2-1-3-9/h4-5,8-9,11H,1-3,6-7,16H2. The molecule has 0 amide bonds. The third kappa shape index (κ3) is 3.05. The van der Waals surface area contributed by atoms with Gasteiger partial charge in [0.2, 0.25) is 0 Å². The zero-order valence-electron chi connectivity index (χ0n) is 9.26. The van der Waals surface area contributed by atoms with Gasteiger partial charge in [-0.1, -0.05) is 25.3 Å². The summed E-state index contributed by atoms with van der Waals surface area (Å²) in [5.41, 5.74) is 7.21. The van der Waals surface area contributed by atoms with Crippen LogP contribution in [-0.4, -0.2) is 6.04 Å². The second kappa shape index (κ2) is 5.28. The molecule has 1 atom stereocenters. The maximum absolute atomic E-state index is 13.0. The maximum atomic E-state index is 13.0. The van der Waals surface area contributed by atoms with E-state index in [0.29, 0.717) is 4.47 Å². The lowest BCUT2D eigenvalue weighted by Crippen LogP contribution is -2.28. The molecule has 0 heterocycles. The molecule has 0 bridgehead atoms. The van der Waals surface area contributed by atoms with Gasteiger partial charge in [-0.25, -0.2) is 4.39 Å². The van der Waals surface area contributed by atoms with Crippen LogP contribution in [0.15, 0.2) is 22.7 Å². The van der Waals surface area contributed by atoms with E-state index in [4.69, 9.17) is 5.73 Å². The molecule has 1 aromatic rings. The van der Waals surface area contributed by atoms with E-state index < -0.39 is 0 Å². The number of halogens is 2. The van der Waals surface area contributed by atoms with Gasteiger partial charge in [0.25, 0.3) is 0 Å². The Morgan fingerprint density at radius 3 is 2.75 bits per heavy atom. The van der Waals surface area contributed by atoms with Gasteiger partial charge in [-0.15, -0.1) is 0 Å². The Balaban J connectivity index is 1.89. The van der Waals surface area contributed by atoms with Crippen molar-refractivity contribution in [3.05, 3.63) is 34.1 Å². The normalized spacial score (nSPS) is 18.2. The van der Waals surface area contributed by atoms with Gasteiger partial charge in [0.05, 0.1) is 4.47 Å². The summed E-state index contributed by atoms with van der Waals surface area (Å²) >= 11 is 3.20. The van der Waals surface area contributed by atoms with Crippen LogP contribution in [0.4, 0.5) is 4.39 Å². The lowest BCUT2D eigenvalue weighted by molar-refractivity contribution is 0.275. The van der Waals surface area contributed by atoms with Gasteiger partial charge in [-0.2, -0.15) is 0 Å². The molecule has 1 unspecified atom stereocenters. The fourth-order valence-corrected chi connectivity index (χ4v) is 2.64. The molecule has 2 rings (SSSR count). The zero-order chi connectivity index (χ0) is 11.5. The molecule has 16 heavy (non-hydrogen) atoms. The predicted molar refractivity (Wildman–Crippen MR) is 67.7 cm³/mol. The molecule has 2 N–H and O–H groups in total. The van der Waals surface area contributed by atoms with E-state index >= 15 is 0 Å². The second-order valence-corrected chi connectivity index (χ2v) is 5.60. The van der Waals surface area contributed by atoms with Gasteiger partial charge in [-0.3, -0.25) is 0 Å². The van der Waals surface area contributed by atoms with Gasteiger partial charge >= 0.3 is 0 Å². The lowest BCUT2D eigenvalue weighted by atomic mass is 9.80.